The van der Waals surface area contributed by atoms with Crippen LogP contribution < -0.4 is 0 Å². The first kappa shape index (κ1) is 20.2. The van der Waals surface area contributed by atoms with E-state index in [2.05, 4.69) is 30.4 Å². The fourth-order valence-corrected chi connectivity index (χ4v) is 4.09. The Bertz CT molecular complexity index is 1050. The second kappa shape index (κ2) is 7.98. The Kier molecular flexibility index (Phi) is 5.56. The van der Waals surface area contributed by atoms with Gasteiger partial charge in [-0.1, -0.05) is 35.3 Å². The highest BCUT2D eigenvalue weighted by Crippen LogP contribution is 2.33. The monoisotopic (exact) mass is 430 g/mol. The minimum Gasteiger partial charge on any atom is -0.336 e. The van der Waals surface area contributed by atoms with Gasteiger partial charge in [0.25, 0.3) is 5.91 Å². The van der Waals surface area contributed by atoms with E-state index in [0.29, 0.717) is 15.6 Å². The van der Waals surface area contributed by atoms with Crippen molar-refractivity contribution >= 4 is 40.1 Å². The molecule has 5 nitrogen and oxygen atoms in total. The van der Waals surface area contributed by atoms with Gasteiger partial charge in [0.15, 0.2) is 0 Å². The number of hydrogen-bond acceptors (Lipinski definition) is 3. The quantitative estimate of drug-likeness (QED) is 0.588. The topological polar surface area (TPSA) is 41.4 Å². The van der Waals surface area contributed by atoms with Crippen molar-refractivity contribution in [2.24, 2.45) is 0 Å². The molecule has 3 aromatic rings. The fraction of sp³-hybridized carbons (Fsp3) is 0.364. The molecule has 0 unspecified atom stereocenters. The zero-order valence-electron chi connectivity index (χ0n) is 16.8. The van der Waals surface area contributed by atoms with Crippen molar-refractivity contribution in [2.75, 3.05) is 33.2 Å². The number of amides is 1. The first-order valence-corrected chi connectivity index (χ1v) is 10.6. The fourth-order valence-electron chi connectivity index (χ4n) is 3.77. The molecular weight excluding hydrogens is 407 g/mol. The van der Waals surface area contributed by atoms with Crippen LogP contribution in [0.15, 0.2) is 36.4 Å². The van der Waals surface area contributed by atoms with Crippen molar-refractivity contribution in [3.8, 4) is 11.4 Å². The maximum atomic E-state index is 12.8. The van der Waals surface area contributed by atoms with Gasteiger partial charge in [0, 0.05) is 43.3 Å². The lowest BCUT2D eigenvalue weighted by Gasteiger charge is -2.32. The van der Waals surface area contributed by atoms with Crippen molar-refractivity contribution in [1.29, 1.82) is 0 Å². The van der Waals surface area contributed by atoms with Crippen LogP contribution in [0.5, 0.6) is 0 Å². The number of carbonyl (C=O) groups excluding carboxylic acids is 1. The number of nitrogens with zero attached hydrogens (tertiary/aromatic N) is 4. The van der Waals surface area contributed by atoms with Gasteiger partial charge >= 0.3 is 0 Å². The highest BCUT2D eigenvalue weighted by atomic mass is 35.5. The summed E-state index contributed by atoms with van der Waals surface area (Å²) < 4.78 is 2.15. The number of aromatic nitrogens is 2. The third-order valence-corrected chi connectivity index (χ3v) is 6.15. The SMILES string of the molecule is CC(C)n1c(-c2ccc(C(=O)N3CCN(C)CC3)cc2)nc2cc(Cl)c(Cl)cc21. The second-order valence-corrected chi connectivity index (χ2v) is 8.64. The molecule has 2 aromatic carbocycles. The van der Waals surface area contributed by atoms with E-state index < -0.39 is 0 Å². The zero-order chi connectivity index (χ0) is 20.7. The predicted octanol–water partition coefficient (Wildman–Crippen LogP) is 4.98. The number of imidazole rings is 1. The van der Waals surface area contributed by atoms with Crippen LogP contribution in [-0.2, 0) is 0 Å². The lowest BCUT2D eigenvalue weighted by atomic mass is 10.1. The van der Waals surface area contributed by atoms with Crippen LogP contribution in [-0.4, -0.2) is 58.5 Å². The molecule has 0 saturated carbocycles. The van der Waals surface area contributed by atoms with E-state index in [-0.39, 0.29) is 11.9 Å². The largest absolute Gasteiger partial charge is 0.336 e. The molecule has 1 aliphatic heterocycles. The Labute approximate surface area is 180 Å². The van der Waals surface area contributed by atoms with Crippen LogP contribution in [0.2, 0.25) is 10.0 Å². The van der Waals surface area contributed by atoms with Crippen molar-refractivity contribution in [1.82, 2.24) is 19.4 Å². The summed E-state index contributed by atoms with van der Waals surface area (Å²) in [5, 5.41) is 1.01. The van der Waals surface area contributed by atoms with Gasteiger partial charge in [0.05, 0.1) is 21.1 Å². The Hall–Kier alpha value is -2.08. The number of carbonyl (C=O) groups is 1. The molecule has 1 aromatic heterocycles. The molecule has 152 valence electrons. The van der Waals surface area contributed by atoms with Crippen LogP contribution in [0, 0.1) is 0 Å². The minimum atomic E-state index is 0.0839. The van der Waals surface area contributed by atoms with Gasteiger partial charge in [0.1, 0.15) is 5.82 Å². The summed E-state index contributed by atoms with van der Waals surface area (Å²) in [6.07, 6.45) is 0. The molecular formula is C22H24Cl2N4O. The Morgan fingerprint density at radius 2 is 1.62 bits per heavy atom. The van der Waals surface area contributed by atoms with E-state index in [1.807, 2.05) is 35.2 Å². The molecule has 0 bridgehead atoms. The number of hydrogen-bond donors (Lipinski definition) is 0. The van der Waals surface area contributed by atoms with E-state index in [1.165, 1.54) is 0 Å². The van der Waals surface area contributed by atoms with E-state index in [4.69, 9.17) is 28.2 Å². The molecule has 1 fully saturated rings. The first-order valence-electron chi connectivity index (χ1n) is 9.80. The molecule has 4 rings (SSSR count). The molecule has 0 atom stereocenters. The summed E-state index contributed by atoms with van der Waals surface area (Å²) >= 11 is 12.4. The normalized spacial score (nSPS) is 15.4. The average Bonchev–Trinajstić information content (AvgIpc) is 3.07. The molecule has 1 aliphatic rings. The Morgan fingerprint density at radius 3 is 2.24 bits per heavy atom. The van der Waals surface area contributed by atoms with E-state index in [1.54, 1.807) is 6.07 Å². The molecule has 7 heteroatoms. The number of halogens is 2. The maximum absolute atomic E-state index is 12.8. The summed E-state index contributed by atoms with van der Waals surface area (Å²) in [6.45, 7) is 7.57. The predicted molar refractivity (Wildman–Crippen MR) is 119 cm³/mol. The minimum absolute atomic E-state index is 0.0839. The molecule has 1 saturated heterocycles. The van der Waals surface area contributed by atoms with E-state index >= 15 is 0 Å². The second-order valence-electron chi connectivity index (χ2n) is 7.83. The van der Waals surface area contributed by atoms with Crippen molar-refractivity contribution in [2.45, 2.75) is 19.9 Å². The first-order chi connectivity index (χ1) is 13.8. The van der Waals surface area contributed by atoms with Gasteiger partial charge < -0.3 is 14.4 Å². The van der Waals surface area contributed by atoms with Gasteiger partial charge in [-0.25, -0.2) is 4.98 Å². The standard InChI is InChI=1S/C22H24Cl2N4O/c1-14(2)28-20-13-18(24)17(23)12-19(20)25-21(28)15-4-6-16(7-5-15)22(29)27-10-8-26(3)9-11-27/h4-7,12-14H,8-11H2,1-3H3. The van der Waals surface area contributed by atoms with Crippen LogP contribution in [0.4, 0.5) is 0 Å². The van der Waals surface area contributed by atoms with Crippen LogP contribution in [0.25, 0.3) is 22.4 Å². The molecule has 2 heterocycles. The summed E-state index contributed by atoms with van der Waals surface area (Å²) in [6, 6.07) is 11.6. The molecule has 1 amide bonds. The molecule has 29 heavy (non-hydrogen) atoms. The smallest absolute Gasteiger partial charge is 0.253 e. The van der Waals surface area contributed by atoms with Crippen LogP contribution in [0.1, 0.15) is 30.2 Å². The summed E-state index contributed by atoms with van der Waals surface area (Å²) in [5.41, 5.74) is 3.41. The summed E-state index contributed by atoms with van der Waals surface area (Å²) in [5.74, 6) is 0.924. The van der Waals surface area contributed by atoms with Crippen molar-refractivity contribution in [3.63, 3.8) is 0 Å². The maximum Gasteiger partial charge on any atom is 0.253 e. The van der Waals surface area contributed by atoms with Gasteiger partial charge in [-0.3, -0.25) is 4.79 Å². The summed E-state index contributed by atoms with van der Waals surface area (Å²) in [7, 11) is 2.08. The number of piperazine rings is 1. The summed E-state index contributed by atoms with van der Waals surface area (Å²) in [4.78, 5) is 21.8. The number of likely N-dealkylation sites (N-methyl/N-ethyl adjacent to an activating group) is 1. The van der Waals surface area contributed by atoms with Crippen LogP contribution in [0.3, 0.4) is 0 Å². The molecule has 0 N–H and O–H groups in total. The van der Waals surface area contributed by atoms with E-state index in [9.17, 15) is 4.79 Å². The third-order valence-electron chi connectivity index (χ3n) is 5.43. The highest BCUT2D eigenvalue weighted by molar-refractivity contribution is 6.42. The van der Waals surface area contributed by atoms with E-state index in [0.717, 1.165) is 48.6 Å². The van der Waals surface area contributed by atoms with Gasteiger partial charge in [-0.05, 0) is 45.2 Å². The molecule has 0 aliphatic carbocycles. The Morgan fingerprint density at radius 1 is 1.00 bits per heavy atom. The third kappa shape index (κ3) is 3.87. The lowest BCUT2D eigenvalue weighted by molar-refractivity contribution is 0.0664. The zero-order valence-corrected chi connectivity index (χ0v) is 18.3. The van der Waals surface area contributed by atoms with Gasteiger partial charge in [-0.15, -0.1) is 0 Å². The number of rotatable bonds is 3. The van der Waals surface area contributed by atoms with Gasteiger partial charge in [0.2, 0.25) is 0 Å². The lowest BCUT2D eigenvalue weighted by Crippen LogP contribution is -2.47. The van der Waals surface area contributed by atoms with Crippen molar-refractivity contribution < 1.29 is 4.79 Å². The van der Waals surface area contributed by atoms with Crippen molar-refractivity contribution in [3.05, 3.63) is 52.0 Å². The number of fused-ring (bicyclic) bond motifs is 1. The molecule has 0 radical (unpaired) electrons. The average molecular weight is 431 g/mol. The van der Waals surface area contributed by atoms with Crippen LogP contribution >= 0.6 is 23.2 Å². The molecule has 0 spiro atoms. The Balaban J connectivity index is 1.68. The number of benzene rings is 2. The van der Waals surface area contributed by atoms with Gasteiger partial charge in [-0.2, -0.15) is 0 Å². The highest BCUT2D eigenvalue weighted by Gasteiger charge is 2.21.